The van der Waals surface area contributed by atoms with Crippen LogP contribution in [0.3, 0.4) is 0 Å². The third-order valence-corrected chi connectivity index (χ3v) is 4.28. The highest BCUT2D eigenvalue weighted by atomic mass is 35.5. The van der Waals surface area contributed by atoms with E-state index in [0.29, 0.717) is 29.5 Å². The van der Waals surface area contributed by atoms with Crippen LogP contribution in [0, 0.1) is 12.7 Å². The van der Waals surface area contributed by atoms with E-state index in [1.54, 1.807) is 24.3 Å². The number of amides is 3. The Labute approximate surface area is 150 Å². The number of nitrogens with zero attached hydrogens (tertiary/aromatic N) is 2. The Kier molecular flexibility index (Phi) is 4.90. The first-order valence-corrected chi connectivity index (χ1v) is 8.20. The van der Waals surface area contributed by atoms with Crippen LogP contribution in [-0.2, 0) is 4.79 Å². The molecule has 0 saturated carbocycles. The Hall–Kier alpha value is -2.60. The number of urea groups is 1. The maximum atomic E-state index is 13.0. The molecule has 1 saturated heterocycles. The van der Waals surface area contributed by atoms with Crippen molar-refractivity contribution in [1.29, 1.82) is 0 Å². The summed E-state index contributed by atoms with van der Waals surface area (Å²) in [4.78, 5) is 27.7. The third-order valence-electron chi connectivity index (χ3n) is 4.04. The van der Waals surface area contributed by atoms with Gasteiger partial charge in [0.15, 0.2) is 0 Å². The zero-order valence-electron chi connectivity index (χ0n) is 13.6. The van der Waals surface area contributed by atoms with Crippen LogP contribution < -0.4 is 10.2 Å². The zero-order valence-corrected chi connectivity index (χ0v) is 14.4. The molecule has 0 radical (unpaired) electrons. The maximum Gasteiger partial charge on any atom is 0.325 e. The fourth-order valence-corrected chi connectivity index (χ4v) is 2.85. The molecule has 2 aromatic rings. The number of rotatable bonds is 4. The minimum absolute atomic E-state index is 0.0531. The zero-order chi connectivity index (χ0) is 18.0. The topological polar surface area (TPSA) is 52.7 Å². The van der Waals surface area contributed by atoms with E-state index in [2.05, 4.69) is 5.32 Å². The SMILES string of the molecule is Cc1ccc(Cl)cc1NC(=O)CN1CCN(c2ccc(F)cc2)C1=O. The molecule has 0 bridgehead atoms. The summed E-state index contributed by atoms with van der Waals surface area (Å²) in [6.45, 7) is 2.69. The quantitative estimate of drug-likeness (QED) is 0.903. The molecule has 5 nitrogen and oxygen atoms in total. The Morgan fingerprint density at radius 2 is 1.92 bits per heavy atom. The fourth-order valence-electron chi connectivity index (χ4n) is 2.68. The van der Waals surface area contributed by atoms with Crippen LogP contribution in [0.2, 0.25) is 5.02 Å². The predicted octanol–water partition coefficient (Wildman–Crippen LogP) is 3.67. The monoisotopic (exact) mass is 361 g/mol. The standard InChI is InChI=1S/C18H17ClFN3O2/c1-12-2-3-13(19)10-16(12)21-17(24)11-22-8-9-23(18(22)25)15-6-4-14(20)5-7-15/h2-7,10H,8-9,11H2,1H3,(H,21,24). The van der Waals surface area contributed by atoms with Crippen molar-refractivity contribution < 1.29 is 14.0 Å². The van der Waals surface area contributed by atoms with Gasteiger partial charge in [-0.3, -0.25) is 9.69 Å². The highest BCUT2D eigenvalue weighted by Gasteiger charge is 2.30. The van der Waals surface area contributed by atoms with E-state index in [4.69, 9.17) is 11.6 Å². The molecule has 1 heterocycles. The van der Waals surface area contributed by atoms with Gasteiger partial charge in [0.2, 0.25) is 5.91 Å². The lowest BCUT2D eigenvalue weighted by Crippen LogP contribution is -2.37. The smallest absolute Gasteiger partial charge is 0.324 e. The van der Waals surface area contributed by atoms with Crippen LogP contribution in [0.5, 0.6) is 0 Å². The number of benzene rings is 2. The van der Waals surface area contributed by atoms with Crippen LogP contribution in [0.4, 0.5) is 20.6 Å². The largest absolute Gasteiger partial charge is 0.325 e. The van der Waals surface area contributed by atoms with E-state index in [9.17, 15) is 14.0 Å². The number of carbonyl (C=O) groups is 2. The third kappa shape index (κ3) is 3.91. The van der Waals surface area contributed by atoms with Crippen LogP contribution in [0.15, 0.2) is 42.5 Å². The molecule has 0 spiro atoms. The molecule has 7 heteroatoms. The summed E-state index contributed by atoms with van der Waals surface area (Å²) in [7, 11) is 0. The molecule has 1 fully saturated rings. The summed E-state index contributed by atoms with van der Waals surface area (Å²) < 4.78 is 13.0. The molecule has 0 aliphatic carbocycles. The Bertz CT molecular complexity index is 810. The molecule has 1 N–H and O–H groups in total. The van der Waals surface area contributed by atoms with Gasteiger partial charge in [0.25, 0.3) is 0 Å². The summed E-state index contributed by atoms with van der Waals surface area (Å²) in [6.07, 6.45) is 0. The summed E-state index contributed by atoms with van der Waals surface area (Å²) in [6, 6.07) is 10.7. The van der Waals surface area contributed by atoms with Crippen molar-refractivity contribution in [3.05, 3.63) is 58.9 Å². The number of aryl methyl sites for hydroxylation is 1. The van der Waals surface area contributed by atoms with Gasteiger partial charge in [-0.25, -0.2) is 9.18 Å². The van der Waals surface area contributed by atoms with Crippen molar-refractivity contribution >= 4 is 34.9 Å². The van der Waals surface area contributed by atoms with Gasteiger partial charge in [-0.05, 0) is 48.9 Å². The Morgan fingerprint density at radius 1 is 1.20 bits per heavy atom. The number of carbonyl (C=O) groups excluding carboxylic acids is 2. The van der Waals surface area contributed by atoms with Crippen molar-refractivity contribution in [3.8, 4) is 0 Å². The first-order valence-electron chi connectivity index (χ1n) is 7.82. The second kappa shape index (κ2) is 7.11. The van der Waals surface area contributed by atoms with Gasteiger partial charge >= 0.3 is 6.03 Å². The summed E-state index contributed by atoms with van der Waals surface area (Å²) in [5.41, 5.74) is 2.12. The molecule has 3 rings (SSSR count). The number of hydrogen-bond acceptors (Lipinski definition) is 2. The number of hydrogen-bond donors (Lipinski definition) is 1. The number of anilines is 2. The summed E-state index contributed by atoms with van der Waals surface area (Å²) in [5.74, 6) is -0.650. The van der Waals surface area contributed by atoms with Gasteiger partial charge in [-0.1, -0.05) is 17.7 Å². The highest BCUT2D eigenvalue weighted by Crippen LogP contribution is 2.22. The predicted molar refractivity (Wildman–Crippen MR) is 95.5 cm³/mol. The lowest BCUT2D eigenvalue weighted by Gasteiger charge is -2.18. The molecule has 0 unspecified atom stereocenters. The molecular weight excluding hydrogens is 345 g/mol. The molecule has 25 heavy (non-hydrogen) atoms. The van der Waals surface area contributed by atoms with Crippen LogP contribution in [-0.4, -0.2) is 36.5 Å². The lowest BCUT2D eigenvalue weighted by molar-refractivity contribution is -0.116. The molecule has 0 aromatic heterocycles. The van der Waals surface area contributed by atoms with Crippen molar-refractivity contribution in [1.82, 2.24) is 4.90 Å². The molecule has 1 aliphatic rings. The van der Waals surface area contributed by atoms with Gasteiger partial charge in [-0.2, -0.15) is 0 Å². The minimum atomic E-state index is -0.358. The van der Waals surface area contributed by atoms with Crippen LogP contribution in [0.1, 0.15) is 5.56 Å². The molecule has 0 atom stereocenters. The molecule has 130 valence electrons. The van der Waals surface area contributed by atoms with Crippen molar-refractivity contribution in [2.75, 3.05) is 29.9 Å². The van der Waals surface area contributed by atoms with E-state index < -0.39 is 0 Å². The van der Waals surface area contributed by atoms with E-state index in [1.807, 2.05) is 13.0 Å². The second-order valence-corrected chi connectivity index (χ2v) is 6.28. The number of nitrogens with one attached hydrogen (secondary N) is 1. The van der Waals surface area contributed by atoms with Gasteiger partial charge < -0.3 is 10.2 Å². The van der Waals surface area contributed by atoms with E-state index in [0.717, 1.165) is 5.56 Å². The minimum Gasteiger partial charge on any atom is -0.324 e. The van der Waals surface area contributed by atoms with Crippen LogP contribution in [0.25, 0.3) is 0 Å². The molecule has 3 amide bonds. The number of halogens is 2. The van der Waals surface area contributed by atoms with Gasteiger partial charge in [-0.15, -0.1) is 0 Å². The van der Waals surface area contributed by atoms with Crippen molar-refractivity contribution in [2.24, 2.45) is 0 Å². The van der Waals surface area contributed by atoms with Crippen molar-refractivity contribution in [2.45, 2.75) is 6.92 Å². The summed E-state index contributed by atoms with van der Waals surface area (Å²) >= 11 is 5.94. The normalized spacial score (nSPS) is 14.1. The molecule has 2 aromatic carbocycles. The first-order chi connectivity index (χ1) is 11.9. The fraction of sp³-hybridized carbons (Fsp3) is 0.222. The van der Waals surface area contributed by atoms with Gasteiger partial charge in [0.05, 0.1) is 0 Å². The molecular formula is C18H17ClFN3O2. The average molecular weight is 362 g/mol. The molecule has 1 aliphatic heterocycles. The first kappa shape index (κ1) is 17.2. The van der Waals surface area contributed by atoms with Crippen LogP contribution >= 0.6 is 11.6 Å². The second-order valence-electron chi connectivity index (χ2n) is 5.84. The van der Waals surface area contributed by atoms with Gasteiger partial charge in [0.1, 0.15) is 12.4 Å². The highest BCUT2D eigenvalue weighted by molar-refractivity contribution is 6.31. The Balaban J connectivity index is 1.63. The average Bonchev–Trinajstić information content (AvgIpc) is 2.92. The maximum absolute atomic E-state index is 13.0. The van der Waals surface area contributed by atoms with Gasteiger partial charge in [0, 0.05) is 29.5 Å². The van der Waals surface area contributed by atoms with E-state index >= 15 is 0 Å². The van der Waals surface area contributed by atoms with E-state index in [-0.39, 0.29) is 24.3 Å². The summed E-state index contributed by atoms with van der Waals surface area (Å²) in [5, 5.41) is 3.30. The van der Waals surface area contributed by atoms with E-state index in [1.165, 1.54) is 21.9 Å². The van der Waals surface area contributed by atoms with Crippen molar-refractivity contribution in [3.63, 3.8) is 0 Å². The lowest BCUT2D eigenvalue weighted by atomic mass is 10.2. The Morgan fingerprint density at radius 3 is 2.64 bits per heavy atom.